The first kappa shape index (κ1) is 34.6. The van der Waals surface area contributed by atoms with Crippen LogP contribution in [0.5, 0.6) is 0 Å². The fourth-order valence-corrected chi connectivity index (χ4v) is 8.76. The lowest BCUT2D eigenvalue weighted by Crippen LogP contribution is -2.69. The second kappa shape index (κ2) is 15.0. The average molecular weight is 699 g/mol. The minimum Gasteiger partial charge on any atom is -0.448 e. The van der Waals surface area contributed by atoms with E-state index in [0.29, 0.717) is 16.7 Å². The molecule has 2 unspecified atom stereocenters. The first-order valence-corrected chi connectivity index (χ1v) is 18.9. The van der Waals surface area contributed by atoms with Gasteiger partial charge in [-0.3, -0.25) is 18.7 Å². The standard InChI is InChI=1S/C33H35N2O9PS2/c1-4-41-45(38,42-5-2)34-28-31(36)35-29(33(37)44-30(24-12-8-6-9-13-24)25-14-10-7-11-15-25)26(22-46-32(28)35)20-21-43-47(39,40)27-18-16-23(3)17-19-27/h6-21,28,30,32H,4-5,22H2,1-3H3,(H,34,38)/b21-20+. The number of nitrogens with zero attached hydrogens (tertiary/aromatic N) is 1. The van der Waals surface area contributed by atoms with Gasteiger partial charge in [-0.25, -0.2) is 14.4 Å². The van der Waals surface area contributed by atoms with Crippen LogP contribution < -0.4 is 5.09 Å². The highest BCUT2D eigenvalue weighted by atomic mass is 32.2. The number of benzene rings is 3. The van der Waals surface area contributed by atoms with Crippen LogP contribution in [0.3, 0.4) is 0 Å². The number of allylic oxidation sites excluding steroid dienone is 1. The molecule has 11 nitrogen and oxygen atoms in total. The van der Waals surface area contributed by atoms with Crippen molar-refractivity contribution < 1.29 is 40.5 Å². The first-order chi connectivity index (χ1) is 22.6. The fraction of sp³-hybridized carbons (Fsp3) is 0.273. The summed E-state index contributed by atoms with van der Waals surface area (Å²) in [6.07, 6.45) is 1.50. The summed E-state index contributed by atoms with van der Waals surface area (Å²) < 4.78 is 60.8. The molecule has 0 saturated carbocycles. The molecular formula is C33H35N2O9PS2. The number of hydrogen-bond acceptors (Lipinski definition) is 10. The zero-order chi connectivity index (χ0) is 33.6. The predicted molar refractivity (Wildman–Crippen MR) is 177 cm³/mol. The molecule has 1 amide bonds. The smallest absolute Gasteiger partial charge is 0.406 e. The van der Waals surface area contributed by atoms with E-state index in [1.165, 1.54) is 34.9 Å². The number of ether oxygens (including phenoxy) is 1. The van der Waals surface area contributed by atoms with Gasteiger partial charge in [0.15, 0.2) is 6.10 Å². The monoisotopic (exact) mass is 698 g/mol. The number of rotatable bonds is 14. The maximum Gasteiger partial charge on any atom is 0.406 e. The summed E-state index contributed by atoms with van der Waals surface area (Å²) in [5.74, 6) is -1.18. The zero-order valence-electron chi connectivity index (χ0n) is 26.0. The summed E-state index contributed by atoms with van der Waals surface area (Å²) in [4.78, 5) is 29.0. The lowest BCUT2D eigenvalue weighted by molar-refractivity contribution is -0.153. The highest BCUT2D eigenvalue weighted by Gasteiger charge is 2.56. The van der Waals surface area contributed by atoms with Gasteiger partial charge in [-0.15, -0.1) is 11.8 Å². The van der Waals surface area contributed by atoms with Crippen LogP contribution in [0.1, 0.15) is 36.6 Å². The minimum atomic E-state index is -4.15. The number of thioether (sulfide) groups is 1. The molecule has 1 saturated heterocycles. The summed E-state index contributed by atoms with van der Waals surface area (Å²) in [5, 5.41) is 2.08. The fourth-order valence-electron chi connectivity index (χ4n) is 5.06. The normalized spacial score (nSPS) is 18.3. The van der Waals surface area contributed by atoms with Gasteiger partial charge in [-0.2, -0.15) is 8.42 Å². The number of amides is 1. The zero-order valence-corrected chi connectivity index (χ0v) is 28.5. The molecule has 3 aromatic rings. The summed E-state index contributed by atoms with van der Waals surface area (Å²) in [6.45, 7) is 5.33. The van der Waals surface area contributed by atoms with Crippen LogP contribution in [-0.2, 0) is 42.2 Å². The topological polar surface area (TPSA) is 138 Å². The molecule has 3 aromatic carbocycles. The predicted octanol–water partition coefficient (Wildman–Crippen LogP) is 5.86. The molecule has 1 fully saturated rings. The van der Waals surface area contributed by atoms with Gasteiger partial charge >= 0.3 is 23.8 Å². The molecule has 0 aliphatic carbocycles. The molecule has 248 valence electrons. The van der Waals surface area contributed by atoms with Crippen molar-refractivity contribution in [3.8, 4) is 0 Å². The highest BCUT2D eigenvalue weighted by molar-refractivity contribution is 8.00. The highest BCUT2D eigenvalue weighted by Crippen LogP contribution is 2.49. The summed E-state index contributed by atoms with van der Waals surface area (Å²) >= 11 is 1.29. The van der Waals surface area contributed by atoms with Gasteiger partial charge < -0.3 is 8.92 Å². The SMILES string of the molecule is CCOP(=O)(NC1C(=O)N2C(C(=O)OC(c3ccccc3)c3ccccc3)=C(/C=C/OS(=O)(=O)c3ccc(C)cc3)CSC12)OCC. The number of β-lactam (4-membered cyclic amide) rings is 1. The van der Waals surface area contributed by atoms with Crippen LogP contribution in [0.25, 0.3) is 0 Å². The molecule has 0 aromatic heterocycles. The average Bonchev–Trinajstić information content (AvgIpc) is 3.07. The third-order valence-corrected chi connectivity index (χ3v) is 11.6. The lowest BCUT2D eigenvalue weighted by Gasteiger charge is -2.50. The molecule has 1 N–H and O–H groups in total. The number of esters is 1. The van der Waals surface area contributed by atoms with Crippen molar-refractivity contribution in [2.24, 2.45) is 0 Å². The lowest BCUT2D eigenvalue weighted by atomic mass is 10.0. The van der Waals surface area contributed by atoms with Crippen LogP contribution in [0, 0.1) is 6.92 Å². The van der Waals surface area contributed by atoms with Crippen molar-refractivity contribution in [2.45, 2.75) is 43.2 Å². The van der Waals surface area contributed by atoms with E-state index in [2.05, 4.69) is 5.09 Å². The van der Waals surface area contributed by atoms with Gasteiger partial charge in [0.2, 0.25) is 5.91 Å². The van der Waals surface area contributed by atoms with E-state index in [1.54, 1.807) is 26.0 Å². The maximum atomic E-state index is 14.1. The number of carbonyl (C=O) groups is 2. The Balaban J connectivity index is 1.48. The van der Waals surface area contributed by atoms with Gasteiger partial charge in [-0.1, -0.05) is 78.4 Å². The molecule has 2 aliphatic rings. The van der Waals surface area contributed by atoms with Gasteiger partial charge in [0.05, 0.1) is 13.2 Å². The summed E-state index contributed by atoms with van der Waals surface area (Å²) in [5.41, 5.74) is 2.53. The van der Waals surface area contributed by atoms with Crippen molar-refractivity contribution in [2.75, 3.05) is 19.0 Å². The van der Waals surface area contributed by atoms with E-state index in [4.69, 9.17) is 18.0 Å². The number of nitrogens with one attached hydrogen (secondary N) is 1. The van der Waals surface area contributed by atoms with E-state index >= 15 is 0 Å². The second-order valence-electron chi connectivity index (χ2n) is 10.5. The second-order valence-corrected chi connectivity index (χ2v) is 14.9. The van der Waals surface area contributed by atoms with Crippen molar-refractivity contribution >= 4 is 41.5 Å². The maximum absolute atomic E-state index is 14.1. The molecule has 0 spiro atoms. The van der Waals surface area contributed by atoms with Gasteiger partial charge in [0, 0.05) is 5.75 Å². The molecule has 2 atom stereocenters. The van der Waals surface area contributed by atoms with Crippen LogP contribution in [0.4, 0.5) is 0 Å². The van der Waals surface area contributed by atoms with E-state index in [-0.39, 0.29) is 29.6 Å². The summed E-state index contributed by atoms with van der Waals surface area (Å²) in [7, 11) is -7.97. The van der Waals surface area contributed by atoms with Crippen molar-refractivity contribution in [3.63, 3.8) is 0 Å². The van der Waals surface area contributed by atoms with Crippen LogP contribution in [0.15, 0.2) is 113 Å². The third kappa shape index (κ3) is 7.89. The number of hydrogen-bond donors (Lipinski definition) is 1. The Morgan fingerprint density at radius 3 is 2.11 bits per heavy atom. The van der Waals surface area contributed by atoms with Crippen LogP contribution >= 0.6 is 19.5 Å². The van der Waals surface area contributed by atoms with E-state index in [1.807, 2.05) is 67.6 Å². The van der Waals surface area contributed by atoms with Crippen LogP contribution in [-0.4, -0.2) is 55.6 Å². The molecular weight excluding hydrogens is 663 g/mol. The number of aryl methyl sites for hydroxylation is 1. The molecule has 2 aliphatic heterocycles. The Bertz CT molecular complexity index is 1750. The third-order valence-electron chi connectivity index (χ3n) is 7.28. The van der Waals surface area contributed by atoms with Gasteiger partial charge in [0.25, 0.3) is 0 Å². The Hall–Kier alpha value is -3.71. The van der Waals surface area contributed by atoms with Crippen molar-refractivity contribution in [1.82, 2.24) is 9.99 Å². The molecule has 14 heteroatoms. The quantitative estimate of drug-likeness (QED) is 0.0713. The molecule has 0 bridgehead atoms. The molecule has 0 radical (unpaired) electrons. The van der Waals surface area contributed by atoms with E-state index < -0.39 is 47.3 Å². The van der Waals surface area contributed by atoms with Gasteiger partial charge in [0.1, 0.15) is 28.3 Å². The molecule has 2 heterocycles. The largest absolute Gasteiger partial charge is 0.448 e. The van der Waals surface area contributed by atoms with Crippen molar-refractivity contribution in [1.29, 1.82) is 0 Å². The van der Waals surface area contributed by atoms with E-state index in [0.717, 1.165) is 11.8 Å². The molecule has 5 rings (SSSR count). The minimum absolute atomic E-state index is 0.0344. The Labute approximate surface area is 278 Å². The Kier molecular flexibility index (Phi) is 11.1. The van der Waals surface area contributed by atoms with Crippen LogP contribution in [0.2, 0.25) is 0 Å². The van der Waals surface area contributed by atoms with Crippen molar-refractivity contribution in [3.05, 3.63) is 125 Å². The first-order valence-electron chi connectivity index (χ1n) is 14.9. The van der Waals surface area contributed by atoms with Gasteiger partial charge in [-0.05, 0) is 55.7 Å². The van der Waals surface area contributed by atoms with E-state index in [9.17, 15) is 22.6 Å². The molecule has 47 heavy (non-hydrogen) atoms. The Morgan fingerprint density at radius 2 is 1.55 bits per heavy atom. The number of carbonyl (C=O) groups excluding carboxylic acids is 2. The Morgan fingerprint density at radius 1 is 0.979 bits per heavy atom. The summed E-state index contributed by atoms with van der Waals surface area (Å²) in [6, 6.07) is 23.5. The number of fused-ring (bicyclic) bond motifs is 1.